The van der Waals surface area contributed by atoms with Crippen LogP contribution in [0.5, 0.6) is 5.75 Å². The van der Waals surface area contributed by atoms with Crippen molar-refractivity contribution in [1.82, 2.24) is 34.2 Å². The number of methoxy groups -OCH3 is 1. The first-order valence-corrected chi connectivity index (χ1v) is 13.9. The highest BCUT2D eigenvalue weighted by Gasteiger charge is 2.31. The number of alkyl carbamates (subject to hydrolysis) is 1. The number of pyridine rings is 1. The summed E-state index contributed by atoms with van der Waals surface area (Å²) in [4.78, 5) is 32.8. The highest BCUT2D eigenvalue weighted by molar-refractivity contribution is 6.14. The number of carbonyl (C=O) groups excluding carboxylic acids is 1. The maximum absolute atomic E-state index is 15.2. The number of rotatable bonds is 7. The Bertz CT molecular complexity index is 1920. The molecule has 2 N–H and O–H groups in total. The molecule has 4 aromatic heterocycles. The number of aryl methyl sites for hydroxylation is 2. The maximum Gasteiger partial charge on any atom is 0.406 e. The van der Waals surface area contributed by atoms with E-state index in [4.69, 9.17) is 9.47 Å². The van der Waals surface area contributed by atoms with Crippen LogP contribution in [0.3, 0.4) is 0 Å². The lowest BCUT2D eigenvalue weighted by molar-refractivity contribution is 0.0397. The second-order valence-electron chi connectivity index (χ2n) is 10.7. The summed E-state index contributed by atoms with van der Waals surface area (Å²) in [7, 11) is 4.73. The van der Waals surface area contributed by atoms with Crippen LogP contribution < -0.4 is 15.7 Å². The fourth-order valence-electron chi connectivity index (χ4n) is 5.98. The van der Waals surface area contributed by atoms with E-state index in [0.29, 0.717) is 46.9 Å². The minimum atomic E-state index is -0.613. The second kappa shape index (κ2) is 10.0. The number of halogens is 1. The van der Waals surface area contributed by atoms with Gasteiger partial charge in [0.15, 0.2) is 0 Å². The SMILES string of the molecule is COC(=O)NCCOC1COc2cc(-c3c(-c4cn(C)nc4F)[nH]c4ncc5c(c34)n(C3CCC3)c(=O)n5C)ccc21. The van der Waals surface area contributed by atoms with Gasteiger partial charge in [0.1, 0.15) is 24.1 Å². The summed E-state index contributed by atoms with van der Waals surface area (Å²) < 4.78 is 36.7. The highest BCUT2D eigenvalue weighted by Crippen LogP contribution is 2.45. The summed E-state index contributed by atoms with van der Waals surface area (Å²) in [6.07, 6.45) is 5.42. The molecule has 218 valence electrons. The smallest absolute Gasteiger partial charge is 0.406 e. The van der Waals surface area contributed by atoms with Crippen molar-refractivity contribution in [3.05, 3.63) is 52.6 Å². The van der Waals surface area contributed by atoms with Gasteiger partial charge in [-0.1, -0.05) is 12.1 Å². The van der Waals surface area contributed by atoms with Crippen molar-refractivity contribution in [2.24, 2.45) is 14.1 Å². The molecule has 0 spiro atoms. The van der Waals surface area contributed by atoms with Crippen molar-refractivity contribution in [3.63, 3.8) is 0 Å². The molecule has 0 bridgehead atoms. The molecule has 13 heteroatoms. The molecule has 42 heavy (non-hydrogen) atoms. The number of aromatic nitrogens is 6. The number of ether oxygens (including phenoxy) is 3. The Kier molecular flexibility index (Phi) is 6.26. The largest absolute Gasteiger partial charge is 0.490 e. The molecule has 7 rings (SSSR count). The second-order valence-corrected chi connectivity index (χ2v) is 10.7. The fraction of sp³-hybridized carbons (Fsp3) is 0.379. The normalized spacial score (nSPS) is 16.5. The maximum atomic E-state index is 15.2. The highest BCUT2D eigenvalue weighted by atomic mass is 19.1. The molecule has 5 heterocycles. The van der Waals surface area contributed by atoms with Crippen molar-refractivity contribution in [2.45, 2.75) is 31.4 Å². The lowest BCUT2D eigenvalue weighted by Crippen LogP contribution is -2.29. The van der Waals surface area contributed by atoms with E-state index in [2.05, 4.69) is 25.1 Å². The first kappa shape index (κ1) is 26.3. The third-order valence-corrected chi connectivity index (χ3v) is 8.28. The number of carbonyl (C=O) groups is 1. The third-order valence-electron chi connectivity index (χ3n) is 8.28. The van der Waals surface area contributed by atoms with Crippen LogP contribution in [0, 0.1) is 5.95 Å². The van der Waals surface area contributed by atoms with Crippen molar-refractivity contribution in [2.75, 3.05) is 26.9 Å². The third kappa shape index (κ3) is 4.06. The number of nitrogens with one attached hydrogen (secondary N) is 2. The van der Waals surface area contributed by atoms with E-state index in [9.17, 15) is 9.59 Å². The van der Waals surface area contributed by atoms with Gasteiger partial charge < -0.3 is 24.5 Å². The molecule has 1 unspecified atom stereocenters. The molecule has 1 aliphatic heterocycles. The molecule has 1 atom stereocenters. The van der Waals surface area contributed by atoms with Gasteiger partial charge in [0.2, 0.25) is 5.95 Å². The number of aromatic amines is 1. The zero-order valence-electron chi connectivity index (χ0n) is 23.4. The molecule has 5 aromatic rings. The van der Waals surface area contributed by atoms with Crippen LogP contribution in [0.2, 0.25) is 0 Å². The standard InChI is InChI=1S/C29H30FN7O5/c1-35-13-18(26(30)34-35)24-22(15-7-8-17-20(11-15)42-14-21(17)41-10-9-31-28(38)40-3)23-25-19(12-32-27(23)33-24)36(2)29(39)37(25)16-5-4-6-16/h7-8,11-13,16,21H,4-6,9-10,14H2,1-3H3,(H,31,38)(H,32,33). The fourth-order valence-corrected chi connectivity index (χ4v) is 5.98. The Morgan fingerprint density at radius 3 is 2.83 bits per heavy atom. The quantitative estimate of drug-likeness (QED) is 0.281. The van der Waals surface area contributed by atoms with E-state index in [0.717, 1.165) is 41.3 Å². The van der Waals surface area contributed by atoms with Gasteiger partial charge in [0, 0.05) is 44.0 Å². The van der Waals surface area contributed by atoms with Gasteiger partial charge in [0.25, 0.3) is 0 Å². The topological polar surface area (TPSA) is 130 Å². The molecule has 0 saturated heterocycles. The number of imidazole rings is 1. The molecule has 1 amide bonds. The zero-order chi connectivity index (χ0) is 29.1. The van der Waals surface area contributed by atoms with Gasteiger partial charge in [0.05, 0.1) is 47.6 Å². The average molecular weight is 576 g/mol. The van der Waals surface area contributed by atoms with Gasteiger partial charge >= 0.3 is 11.8 Å². The van der Waals surface area contributed by atoms with Crippen molar-refractivity contribution in [3.8, 4) is 28.1 Å². The average Bonchev–Trinajstić information content (AvgIpc) is 3.69. The first-order chi connectivity index (χ1) is 20.4. The van der Waals surface area contributed by atoms with Gasteiger partial charge in [-0.25, -0.2) is 14.6 Å². The molecule has 1 fully saturated rings. The minimum absolute atomic E-state index is 0.0933. The van der Waals surface area contributed by atoms with E-state index in [1.54, 1.807) is 31.1 Å². The minimum Gasteiger partial charge on any atom is -0.490 e. The van der Waals surface area contributed by atoms with Crippen LogP contribution in [-0.4, -0.2) is 61.8 Å². The molecule has 12 nitrogen and oxygen atoms in total. The first-order valence-electron chi connectivity index (χ1n) is 13.9. The lowest BCUT2D eigenvalue weighted by atomic mass is 9.92. The van der Waals surface area contributed by atoms with Crippen LogP contribution in [0.4, 0.5) is 9.18 Å². The Morgan fingerprint density at radius 2 is 2.12 bits per heavy atom. The number of hydrogen-bond donors (Lipinski definition) is 2. The summed E-state index contributed by atoms with van der Waals surface area (Å²) in [6.45, 7) is 0.906. The number of H-pyrrole nitrogens is 1. The van der Waals surface area contributed by atoms with Gasteiger partial charge in [-0.2, -0.15) is 4.39 Å². The van der Waals surface area contributed by atoms with Crippen LogP contribution in [0.25, 0.3) is 44.5 Å². The van der Waals surface area contributed by atoms with E-state index in [1.165, 1.54) is 11.8 Å². The van der Waals surface area contributed by atoms with Crippen LogP contribution >= 0.6 is 0 Å². The van der Waals surface area contributed by atoms with Crippen molar-refractivity contribution < 1.29 is 23.4 Å². The predicted octanol–water partition coefficient (Wildman–Crippen LogP) is 3.95. The summed E-state index contributed by atoms with van der Waals surface area (Å²) in [5.41, 5.74) is 5.13. The summed E-state index contributed by atoms with van der Waals surface area (Å²) in [5.74, 6) is 0.0346. The molecule has 1 aromatic carbocycles. The van der Waals surface area contributed by atoms with E-state index in [1.807, 2.05) is 22.8 Å². The van der Waals surface area contributed by atoms with Crippen molar-refractivity contribution >= 4 is 28.2 Å². The predicted molar refractivity (Wildman–Crippen MR) is 152 cm³/mol. The Balaban J connectivity index is 1.38. The summed E-state index contributed by atoms with van der Waals surface area (Å²) >= 11 is 0. The molecule has 1 saturated carbocycles. The van der Waals surface area contributed by atoms with Crippen LogP contribution in [0.1, 0.15) is 37.0 Å². The molecular formula is C29H30FN7O5. The van der Waals surface area contributed by atoms with Crippen LogP contribution in [-0.2, 0) is 23.6 Å². The van der Waals surface area contributed by atoms with E-state index < -0.39 is 12.0 Å². The van der Waals surface area contributed by atoms with Gasteiger partial charge in [-0.15, -0.1) is 5.10 Å². The molecule has 1 aliphatic carbocycles. The van der Waals surface area contributed by atoms with Crippen LogP contribution in [0.15, 0.2) is 35.4 Å². The number of fused-ring (bicyclic) bond motifs is 4. The monoisotopic (exact) mass is 575 g/mol. The Labute approximate surface area is 239 Å². The summed E-state index contributed by atoms with van der Waals surface area (Å²) in [6, 6.07) is 5.91. The number of hydrogen-bond acceptors (Lipinski definition) is 7. The van der Waals surface area contributed by atoms with Crippen molar-refractivity contribution in [1.29, 1.82) is 0 Å². The molecule has 2 aliphatic rings. The molecular weight excluding hydrogens is 545 g/mol. The lowest BCUT2D eigenvalue weighted by Gasteiger charge is -2.26. The Morgan fingerprint density at radius 1 is 1.29 bits per heavy atom. The number of benzene rings is 1. The molecule has 0 radical (unpaired) electrons. The Hall–Kier alpha value is -4.65. The number of amides is 1. The van der Waals surface area contributed by atoms with Gasteiger partial charge in [-0.05, 0) is 30.9 Å². The van der Waals surface area contributed by atoms with E-state index in [-0.39, 0.29) is 24.4 Å². The summed E-state index contributed by atoms with van der Waals surface area (Å²) in [5, 5.41) is 7.28. The van der Waals surface area contributed by atoms with Gasteiger partial charge in [-0.3, -0.25) is 13.8 Å². The number of nitrogens with zero attached hydrogens (tertiary/aromatic N) is 5. The zero-order valence-corrected chi connectivity index (χ0v) is 23.4. The van der Waals surface area contributed by atoms with E-state index >= 15 is 4.39 Å².